The van der Waals surface area contributed by atoms with Crippen molar-refractivity contribution >= 4 is 11.8 Å². The molecule has 0 unspecified atom stereocenters. The molecule has 1 aliphatic rings. The molecular formula is C11H18F3N3O2. The average molecular weight is 281 g/mol. The van der Waals surface area contributed by atoms with Gasteiger partial charge < -0.3 is 15.5 Å². The third-order valence-electron chi connectivity index (χ3n) is 3.18. The summed E-state index contributed by atoms with van der Waals surface area (Å²) < 4.78 is 37.4. The zero-order valence-corrected chi connectivity index (χ0v) is 11.0. The van der Waals surface area contributed by atoms with Crippen molar-refractivity contribution in [1.29, 1.82) is 0 Å². The van der Waals surface area contributed by atoms with Crippen LogP contribution in [0.4, 0.5) is 13.2 Å². The second kappa shape index (κ2) is 5.36. The molecule has 0 atom stereocenters. The van der Waals surface area contributed by atoms with E-state index in [2.05, 4.69) is 0 Å². The van der Waals surface area contributed by atoms with Crippen LogP contribution in [0.1, 0.15) is 12.8 Å². The van der Waals surface area contributed by atoms with Gasteiger partial charge in [0.2, 0.25) is 11.8 Å². The van der Waals surface area contributed by atoms with E-state index in [1.165, 1.54) is 14.1 Å². The van der Waals surface area contributed by atoms with Gasteiger partial charge in [0.15, 0.2) is 0 Å². The van der Waals surface area contributed by atoms with Gasteiger partial charge in [0.05, 0.1) is 5.41 Å². The molecule has 0 radical (unpaired) electrons. The van der Waals surface area contributed by atoms with Gasteiger partial charge in [-0.2, -0.15) is 13.2 Å². The molecule has 1 saturated carbocycles. The van der Waals surface area contributed by atoms with Crippen LogP contribution >= 0.6 is 0 Å². The maximum atomic E-state index is 12.5. The van der Waals surface area contributed by atoms with E-state index in [0.29, 0.717) is 17.7 Å². The molecule has 0 heterocycles. The molecule has 8 heteroatoms. The van der Waals surface area contributed by atoms with E-state index < -0.39 is 36.5 Å². The minimum absolute atomic E-state index is 0.0103. The second-order valence-electron chi connectivity index (χ2n) is 5.05. The lowest BCUT2D eigenvalue weighted by atomic mass is 10.1. The predicted octanol–water partition coefficient (Wildman–Crippen LogP) is 0.204. The molecule has 2 N–H and O–H groups in total. The van der Waals surface area contributed by atoms with E-state index in [9.17, 15) is 22.8 Å². The van der Waals surface area contributed by atoms with Crippen molar-refractivity contribution in [3.8, 4) is 0 Å². The topological polar surface area (TPSA) is 66.6 Å². The molecule has 1 fully saturated rings. The van der Waals surface area contributed by atoms with Gasteiger partial charge >= 0.3 is 6.18 Å². The lowest BCUT2D eigenvalue weighted by Crippen LogP contribution is -2.49. The summed E-state index contributed by atoms with van der Waals surface area (Å²) in [6.07, 6.45) is -3.58. The molecule has 110 valence electrons. The highest BCUT2D eigenvalue weighted by atomic mass is 19.4. The summed E-state index contributed by atoms with van der Waals surface area (Å²) >= 11 is 0. The Balaban J connectivity index is 2.80. The summed E-state index contributed by atoms with van der Waals surface area (Å²) in [7, 11) is 2.85. The highest BCUT2D eigenvalue weighted by Crippen LogP contribution is 2.46. The van der Waals surface area contributed by atoms with Crippen molar-refractivity contribution in [3.63, 3.8) is 0 Å². The molecule has 0 aromatic carbocycles. The van der Waals surface area contributed by atoms with Crippen LogP contribution in [0.2, 0.25) is 0 Å². The number of hydrogen-bond acceptors (Lipinski definition) is 3. The first-order valence-electron chi connectivity index (χ1n) is 5.88. The highest BCUT2D eigenvalue weighted by Gasteiger charge is 2.52. The SMILES string of the molecule is CN(C)C(=O)CN(CC(F)(F)F)C(=O)C1(CN)CC1. The predicted molar refractivity (Wildman–Crippen MR) is 62.1 cm³/mol. The van der Waals surface area contributed by atoms with Gasteiger partial charge in [-0.3, -0.25) is 9.59 Å². The van der Waals surface area contributed by atoms with Gasteiger partial charge in [0.25, 0.3) is 0 Å². The maximum Gasteiger partial charge on any atom is 0.406 e. The van der Waals surface area contributed by atoms with E-state index in [0.717, 1.165) is 4.90 Å². The number of halogens is 3. The van der Waals surface area contributed by atoms with E-state index in [1.54, 1.807) is 0 Å². The van der Waals surface area contributed by atoms with E-state index in [4.69, 9.17) is 5.73 Å². The summed E-state index contributed by atoms with van der Waals surface area (Å²) in [5.74, 6) is -1.23. The fourth-order valence-corrected chi connectivity index (χ4v) is 1.71. The van der Waals surface area contributed by atoms with Crippen molar-refractivity contribution in [1.82, 2.24) is 9.80 Å². The highest BCUT2D eigenvalue weighted by molar-refractivity contribution is 5.89. The molecular weight excluding hydrogens is 263 g/mol. The maximum absolute atomic E-state index is 12.5. The first-order valence-corrected chi connectivity index (χ1v) is 5.88. The van der Waals surface area contributed by atoms with E-state index in [-0.39, 0.29) is 6.54 Å². The number of carbonyl (C=O) groups excluding carboxylic acids is 2. The molecule has 2 amide bonds. The molecule has 0 saturated heterocycles. The number of nitrogens with two attached hydrogens (primary N) is 1. The number of amides is 2. The number of nitrogens with zero attached hydrogens (tertiary/aromatic N) is 2. The molecule has 5 nitrogen and oxygen atoms in total. The van der Waals surface area contributed by atoms with Crippen LogP contribution in [0.5, 0.6) is 0 Å². The van der Waals surface area contributed by atoms with Crippen LogP contribution in [-0.4, -0.2) is 61.5 Å². The Morgan fingerprint density at radius 1 is 1.26 bits per heavy atom. The summed E-state index contributed by atoms with van der Waals surface area (Å²) in [5.41, 5.74) is 4.55. The number of carbonyl (C=O) groups is 2. The quantitative estimate of drug-likeness (QED) is 0.783. The Morgan fingerprint density at radius 2 is 1.79 bits per heavy atom. The number of hydrogen-bond donors (Lipinski definition) is 1. The molecule has 1 rings (SSSR count). The van der Waals surface area contributed by atoms with E-state index >= 15 is 0 Å². The first kappa shape index (κ1) is 15.7. The Morgan fingerprint density at radius 3 is 2.11 bits per heavy atom. The summed E-state index contributed by atoms with van der Waals surface area (Å²) in [6.45, 7) is -1.99. The number of rotatable bonds is 5. The minimum Gasteiger partial charge on any atom is -0.347 e. The van der Waals surface area contributed by atoms with Gasteiger partial charge in [0.1, 0.15) is 13.1 Å². The first-order chi connectivity index (χ1) is 8.61. The molecule has 0 aromatic heterocycles. The minimum atomic E-state index is -4.53. The largest absolute Gasteiger partial charge is 0.406 e. The normalized spacial score (nSPS) is 16.9. The second-order valence-corrected chi connectivity index (χ2v) is 5.05. The third kappa shape index (κ3) is 4.09. The van der Waals surface area contributed by atoms with Crippen LogP contribution in [0, 0.1) is 5.41 Å². The summed E-state index contributed by atoms with van der Waals surface area (Å²) in [4.78, 5) is 25.3. The average Bonchev–Trinajstić information content (AvgIpc) is 3.05. The molecule has 1 aliphatic carbocycles. The van der Waals surface area contributed by atoms with Crippen molar-refractivity contribution in [2.45, 2.75) is 19.0 Å². The summed E-state index contributed by atoms with van der Waals surface area (Å²) in [6, 6.07) is 0. The Kier molecular flexibility index (Phi) is 4.44. The Labute approximate surface area is 109 Å². The van der Waals surface area contributed by atoms with Crippen LogP contribution in [0.25, 0.3) is 0 Å². The fourth-order valence-electron chi connectivity index (χ4n) is 1.71. The Bertz CT molecular complexity index is 365. The molecule has 0 bridgehead atoms. The van der Waals surface area contributed by atoms with Gasteiger partial charge in [-0.15, -0.1) is 0 Å². The zero-order valence-electron chi connectivity index (χ0n) is 11.0. The lowest BCUT2D eigenvalue weighted by molar-refractivity contribution is -0.167. The Hall–Kier alpha value is -1.31. The number of likely N-dealkylation sites (N-methyl/N-ethyl adjacent to an activating group) is 1. The van der Waals surface area contributed by atoms with Crippen molar-refractivity contribution in [2.75, 3.05) is 33.7 Å². The van der Waals surface area contributed by atoms with Crippen molar-refractivity contribution in [3.05, 3.63) is 0 Å². The lowest BCUT2D eigenvalue weighted by Gasteiger charge is -2.28. The summed E-state index contributed by atoms with van der Waals surface area (Å²) in [5, 5.41) is 0. The number of alkyl halides is 3. The standard InChI is InChI=1S/C11H18F3N3O2/c1-16(2)8(18)5-17(7-11(12,13)14)9(19)10(6-15)3-4-10/h3-7,15H2,1-2H3. The van der Waals surface area contributed by atoms with Crippen LogP contribution < -0.4 is 5.73 Å². The smallest absolute Gasteiger partial charge is 0.347 e. The van der Waals surface area contributed by atoms with Gasteiger partial charge in [0, 0.05) is 20.6 Å². The van der Waals surface area contributed by atoms with Crippen molar-refractivity contribution in [2.24, 2.45) is 11.1 Å². The van der Waals surface area contributed by atoms with Gasteiger partial charge in [-0.05, 0) is 12.8 Å². The van der Waals surface area contributed by atoms with Crippen molar-refractivity contribution < 1.29 is 22.8 Å². The van der Waals surface area contributed by atoms with Gasteiger partial charge in [-0.25, -0.2) is 0 Å². The molecule has 0 spiro atoms. The molecule has 19 heavy (non-hydrogen) atoms. The van der Waals surface area contributed by atoms with Gasteiger partial charge in [-0.1, -0.05) is 0 Å². The zero-order chi connectivity index (χ0) is 14.8. The van der Waals surface area contributed by atoms with Crippen LogP contribution in [0.3, 0.4) is 0 Å². The molecule has 0 aromatic rings. The van der Waals surface area contributed by atoms with Crippen LogP contribution in [0.15, 0.2) is 0 Å². The van der Waals surface area contributed by atoms with E-state index in [1.807, 2.05) is 0 Å². The molecule has 0 aliphatic heterocycles. The monoisotopic (exact) mass is 281 g/mol. The fraction of sp³-hybridized carbons (Fsp3) is 0.818. The third-order valence-corrected chi connectivity index (χ3v) is 3.18. The van der Waals surface area contributed by atoms with Crippen LogP contribution in [-0.2, 0) is 9.59 Å².